The van der Waals surface area contributed by atoms with Gasteiger partial charge in [-0.25, -0.2) is 8.78 Å². The monoisotopic (exact) mass is 297 g/mol. The smallest absolute Gasteiger partial charge is 0.325 e. The molecule has 0 heterocycles. The highest BCUT2D eigenvalue weighted by atomic mass is 19.1. The fourth-order valence-electron chi connectivity index (χ4n) is 1.71. The van der Waals surface area contributed by atoms with E-state index in [1.54, 1.807) is 6.07 Å². The number of hydrogen-bond donors (Lipinski definition) is 0. The van der Waals surface area contributed by atoms with Gasteiger partial charge in [-0.05, 0) is 26.0 Å². The van der Waals surface area contributed by atoms with E-state index in [1.165, 1.54) is 13.8 Å². The Hall–Kier alpha value is -2.49. The van der Waals surface area contributed by atoms with Crippen molar-refractivity contribution in [3.05, 3.63) is 34.9 Å². The maximum Gasteiger partial charge on any atom is 0.325 e. The van der Waals surface area contributed by atoms with Crippen molar-refractivity contribution >= 4 is 11.9 Å². The number of ether oxygens (including phenoxy) is 2. The molecule has 5 nitrogen and oxygen atoms in total. The van der Waals surface area contributed by atoms with Gasteiger partial charge in [-0.2, -0.15) is 5.26 Å². The molecule has 1 rings (SSSR count). The van der Waals surface area contributed by atoms with Crippen LogP contribution in [0.3, 0.4) is 0 Å². The molecule has 112 valence electrons. The van der Waals surface area contributed by atoms with Crippen molar-refractivity contribution in [2.24, 2.45) is 0 Å². The van der Waals surface area contributed by atoms with Gasteiger partial charge in [0.05, 0.1) is 24.8 Å². The van der Waals surface area contributed by atoms with Crippen LogP contribution < -0.4 is 0 Å². The first-order chi connectivity index (χ1) is 9.96. The predicted molar refractivity (Wildman–Crippen MR) is 67.1 cm³/mol. The standard InChI is InChI=1S/C14H13F2NO4/c1-3-20-13(18)12(14(19)21-4-2)11-9(15)5-8(7-17)6-10(11)16/h5-6,12H,3-4H2,1-2H3. The Balaban J connectivity index is 3.36. The lowest BCUT2D eigenvalue weighted by molar-refractivity contribution is -0.157. The molecule has 0 aliphatic rings. The van der Waals surface area contributed by atoms with Crippen LogP contribution in [0.5, 0.6) is 0 Å². The molecule has 0 bridgehead atoms. The third kappa shape index (κ3) is 3.75. The van der Waals surface area contributed by atoms with Crippen LogP contribution in [0.15, 0.2) is 12.1 Å². The Bertz CT molecular complexity index is 554. The van der Waals surface area contributed by atoms with Gasteiger partial charge < -0.3 is 9.47 Å². The highest BCUT2D eigenvalue weighted by Crippen LogP contribution is 2.26. The number of carbonyl (C=O) groups excluding carboxylic acids is 2. The van der Waals surface area contributed by atoms with Gasteiger partial charge in [0.25, 0.3) is 0 Å². The number of hydrogen-bond acceptors (Lipinski definition) is 5. The quantitative estimate of drug-likeness (QED) is 0.614. The minimum Gasteiger partial charge on any atom is -0.465 e. The van der Waals surface area contributed by atoms with Crippen LogP contribution in [0.1, 0.15) is 30.9 Å². The molecule has 7 heteroatoms. The second-order valence-corrected chi connectivity index (χ2v) is 3.90. The minimum atomic E-state index is -1.86. The zero-order valence-corrected chi connectivity index (χ0v) is 11.5. The molecular formula is C14H13F2NO4. The van der Waals surface area contributed by atoms with Crippen LogP contribution >= 0.6 is 0 Å². The lowest BCUT2D eigenvalue weighted by Gasteiger charge is -2.16. The normalized spacial score (nSPS) is 10.1. The van der Waals surface area contributed by atoms with Crippen LogP contribution in [-0.4, -0.2) is 25.2 Å². The molecule has 0 spiro atoms. The summed E-state index contributed by atoms with van der Waals surface area (Å²) in [6.07, 6.45) is 0. The Kier molecular flexibility index (Phi) is 5.79. The van der Waals surface area contributed by atoms with Gasteiger partial charge in [-0.1, -0.05) is 0 Å². The number of benzene rings is 1. The van der Waals surface area contributed by atoms with Gasteiger partial charge in [0, 0.05) is 5.56 Å². The summed E-state index contributed by atoms with van der Waals surface area (Å²) in [6, 6.07) is 3.05. The average molecular weight is 297 g/mol. The van der Waals surface area contributed by atoms with E-state index in [2.05, 4.69) is 9.47 Å². The van der Waals surface area contributed by atoms with E-state index in [1.807, 2.05) is 0 Å². The molecule has 0 aliphatic heterocycles. The van der Waals surface area contributed by atoms with Crippen molar-refractivity contribution in [3.63, 3.8) is 0 Å². The minimum absolute atomic E-state index is 0.0613. The first-order valence-electron chi connectivity index (χ1n) is 6.18. The Morgan fingerprint density at radius 2 is 1.57 bits per heavy atom. The first kappa shape index (κ1) is 16.6. The second-order valence-electron chi connectivity index (χ2n) is 3.90. The van der Waals surface area contributed by atoms with Gasteiger partial charge in [-0.3, -0.25) is 9.59 Å². The summed E-state index contributed by atoms with van der Waals surface area (Å²) in [6.45, 7) is 2.86. The molecule has 0 atom stereocenters. The summed E-state index contributed by atoms with van der Waals surface area (Å²) in [5.41, 5.74) is -1.05. The van der Waals surface area contributed by atoms with Crippen molar-refractivity contribution in [1.82, 2.24) is 0 Å². The lowest BCUT2D eigenvalue weighted by atomic mass is 9.96. The summed E-state index contributed by atoms with van der Waals surface area (Å²) in [7, 11) is 0. The SMILES string of the molecule is CCOC(=O)C(C(=O)OCC)c1c(F)cc(C#N)cc1F. The van der Waals surface area contributed by atoms with Crippen LogP contribution in [-0.2, 0) is 19.1 Å². The van der Waals surface area contributed by atoms with E-state index in [0.29, 0.717) is 0 Å². The summed E-state index contributed by atoms with van der Waals surface area (Å²) in [5.74, 6) is -6.45. The van der Waals surface area contributed by atoms with Crippen LogP contribution in [0.4, 0.5) is 8.78 Å². The summed E-state index contributed by atoms with van der Waals surface area (Å²) in [5, 5.41) is 8.64. The molecule has 0 aliphatic carbocycles. The van der Waals surface area contributed by atoms with Crippen molar-refractivity contribution in [2.75, 3.05) is 13.2 Å². The number of esters is 2. The fourth-order valence-corrected chi connectivity index (χ4v) is 1.71. The van der Waals surface area contributed by atoms with E-state index in [0.717, 1.165) is 12.1 Å². The summed E-state index contributed by atoms with van der Waals surface area (Å²) >= 11 is 0. The van der Waals surface area contributed by atoms with Crippen LogP contribution in [0.25, 0.3) is 0 Å². The van der Waals surface area contributed by atoms with Crippen LogP contribution in [0.2, 0.25) is 0 Å². The van der Waals surface area contributed by atoms with E-state index >= 15 is 0 Å². The fraction of sp³-hybridized carbons (Fsp3) is 0.357. The lowest BCUT2D eigenvalue weighted by Crippen LogP contribution is -2.28. The molecule has 0 amide bonds. The maximum atomic E-state index is 13.9. The number of nitrogens with zero attached hydrogens (tertiary/aromatic N) is 1. The van der Waals surface area contributed by atoms with Gasteiger partial charge in [0.2, 0.25) is 0 Å². The van der Waals surface area contributed by atoms with Crippen molar-refractivity contribution < 1.29 is 27.8 Å². The highest BCUT2D eigenvalue weighted by Gasteiger charge is 2.36. The molecule has 21 heavy (non-hydrogen) atoms. The molecule has 1 aromatic rings. The third-order valence-corrected chi connectivity index (χ3v) is 2.54. The largest absolute Gasteiger partial charge is 0.465 e. The van der Waals surface area contributed by atoms with Crippen LogP contribution in [0, 0.1) is 23.0 Å². The molecule has 0 saturated carbocycles. The number of nitriles is 1. The molecule has 0 radical (unpaired) electrons. The zero-order valence-electron chi connectivity index (χ0n) is 11.5. The van der Waals surface area contributed by atoms with Crippen molar-refractivity contribution in [2.45, 2.75) is 19.8 Å². The number of halogens is 2. The van der Waals surface area contributed by atoms with Crippen molar-refractivity contribution in [1.29, 1.82) is 5.26 Å². The number of rotatable bonds is 5. The molecule has 0 fully saturated rings. The van der Waals surface area contributed by atoms with Crippen molar-refractivity contribution in [3.8, 4) is 6.07 Å². The van der Waals surface area contributed by atoms with Gasteiger partial charge >= 0.3 is 11.9 Å². The topological polar surface area (TPSA) is 76.4 Å². The second kappa shape index (κ2) is 7.33. The molecule has 0 N–H and O–H groups in total. The average Bonchev–Trinajstić information content (AvgIpc) is 2.42. The Morgan fingerprint density at radius 3 is 1.90 bits per heavy atom. The molecule has 0 unspecified atom stereocenters. The highest BCUT2D eigenvalue weighted by molar-refractivity contribution is 6.01. The molecular weight excluding hydrogens is 284 g/mol. The maximum absolute atomic E-state index is 13.9. The summed E-state index contributed by atoms with van der Waals surface area (Å²) < 4.78 is 37.2. The van der Waals surface area contributed by atoms with E-state index < -0.39 is 35.1 Å². The van der Waals surface area contributed by atoms with Gasteiger partial charge in [0.15, 0.2) is 5.92 Å². The van der Waals surface area contributed by atoms with Gasteiger partial charge in [-0.15, -0.1) is 0 Å². The van der Waals surface area contributed by atoms with E-state index in [4.69, 9.17) is 5.26 Å². The van der Waals surface area contributed by atoms with Gasteiger partial charge in [0.1, 0.15) is 11.6 Å². The van der Waals surface area contributed by atoms with E-state index in [-0.39, 0.29) is 18.8 Å². The number of carbonyl (C=O) groups is 2. The third-order valence-electron chi connectivity index (χ3n) is 2.54. The first-order valence-corrected chi connectivity index (χ1v) is 6.18. The molecule has 0 aromatic heterocycles. The van der Waals surface area contributed by atoms with E-state index in [9.17, 15) is 18.4 Å². The summed E-state index contributed by atoms with van der Waals surface area (Å²) in [4.78, 5) is 23.6. The Labute approximate surface area is 120 Å². The molecule has 1 aromatic carbocycles. The Morgan fingerprint density at radius 1 is 1.14 bits per heavy atom. The molecule has 0 saturated heterocycles. The predicted octanol–water partition coefficient (Wildman–Crippen LogP) is 2.05. The zero-order chi connectivity index (χ0) is 16.0.